The molecule has 0 spiro atoms. The second-order valence-electron chi connectivity index (χ2n) is 4.81. The molecule has 2 aromatic heterocycles. The van der Waals surface area contributed by atoms with Gasteiger partial charge in [-0.05, 0) is 29.5 Å². The van der Waals surface area contributed by atoms with Gasteiger partial charge in [-0.25, -0.2) is 9.50 Å². The number of aromatic nitrogens is 3. The lowest BCUT2D eigenvalue weighted by atomic mass is 10.0. The molecule has 0 fully saturated rings. The zero-order valence-electron chi connectivity index (χ0n) is 11.5. The fourth-order valence-electron chi connectivity index (χ4n) is 2.61. The summed E-state index contributed by atoms with van der Waals surface area (Å²) in [6.07, 6.45) is 2.00. The van der Waals surface area contributed by atoms with Gasteiger partial charge in [0.25, 0.3) is 0 Å². The van der Waals surface area contributed by atoms with E-state index in [1.165, 1.54) is 16.5 Å². The summed E-state index contributed by atoms with van der Waals surface area (Å²) in [5, 5.41) is 6.55. The number of nitrogens with zero attached hydrogens (tertiary/aromatic N) is 3. The van der Waals surface area contributed by atoms with E-state index in [0.717, 1.165) is 16.3 Å². The third kappa shape index (κ3) is 1.99. The van der Waals surface area contributed by atoms with Crippen molar-refractivity contribution in [1.82, 2.24) is 14.6 Å². The van der Waals surface area contributed by atoms with Crippen molar-refractivity contribution in [3.05, 3.63) is 60.7 Å². The molecule has 0 N–H and O–H groups in total. The smallest absolute Gasteiger partial charge is 0.209 e. The Balaban J connectivity index is 2.14. The number of benzene rings is 2. The first-order valence-corrected chi connectivity index (χ1v) is 7.97. The van der Waals surface area contributed by atoms with Gasteiger partial charge in [0.15, 0.2) is 5.65 Å². The van der Waals surface area contributed by atoms with Crippen LogP contribution in [0.3, 0.4) is 0 Å². The average molecular weight is 291 g/mol. The minimum absolute atomic E-state index is 0.797. The number of thioether (sulfide) groups is 1. The molecule has 0 unspecified atom stereocenters. The lowest BCUT2D eigenvalue weighted by Gasteiger charge is -2.08. The van der Waals surface area contributed by atoms with E-state index in [1.807, 2.05) is 22.9 Å². The molecule has 4 aromatic rings. The van der Waals surface area contributed by atoms with Crippen molar-refractivity contribution in [2.24, 2.45) is 0 Å². The summed E-state index contributed by atoms with van der Waals surface area (Å²) >= 11 is 1.56. The third-order valence-electron chi connectivity index (χ3n) is 3.58. The molecule has 2 aromatic carbocycles. The van der Waals surface area contributed by atoms with E-state index < -0.39 is 0 Å². The summed E-state index contributed by atoms with van der Waals surface area (Å²) in [5.74, 6) is 0. The van der Waals surface area contributed by atoms with Gasteiger partial charge in [0.05, 0.1) is 5.52 Å². The second-order valence-corrected chi connectivity index (χ2v) is 5.58. The summed E-state index contributed by atoms with van der Waals surface area (Å²) in [6.45, 7) is 0. The van der Waals surface area contributed by atoms with Gasteiger partial charge < -0.3 is 0 Å². The quantitative estimate of drug-likeness (QED) is 0.517. The maximum absolute atomic E-state index is 4.58. The van der Waals surface area contributed by atoms with Gasteiger partial charge in [-0.3, -0.25) is 0 Å². The Morgan fingerprint density at radius 2 is 1.71 bits per heavy atom. The van der Waals surface area contributed by atoms with Gasteiger partial charge in [0, 0.05) is 5.39 Å². The molecule has 0 radical (unpaired) electrons. The minimum atomic E-state index is 0.797. The number of rotatable bonds is 2. The van der Waals surface area contributed by atoms with E-state index in [-0.39, 0.29) is 0 Å². The highest BCUT2D eigenvalue weighted by molar-refractivity contribution is 7.98. The van der Waals surface area contributed by atoms with Crippen molar-refractivity contribution in [3.63, 3.8) is 0 Å². The Labute approximate surface area is 126 Å². The molecule has 4 rings (SSSR count). The van der Waals surface area contributed by atoms with Crippen molar-refractivity contribution >= 4 is 28.3 Å². The lowest BCUT2D eigenvalue weighted by Crippen LogP contribution is -1.93. The van der Waals surface area contributed by atoms with Crippen LogP contribution in [-0.2, 0) is 0 Å². The molecule has 0 aliphatic carbocycles. The zero-order chi connectivity index (χ0) is 14.2. The third-order valence-corrected chi connectivity index (χ3v) is 4.11. The predicted molar refractivity (Wildman–Crippen MR) is 87.7 cm³/mol. The first-order chi connectivity index (χ1) is 10.4. The Morgan fingerprint density at radius 1 is 0.952 bits per heavy atom. The highest BCUT2D eigenvalue weighted by atomic mass is 32.2. The summed E-state index contributed by atoms with van der Waals surface area (Å²) < 4.78 is 1.92. The Bertz CT molecular complexity index is 929. The molecule has 0 amide bonds. The summed E-state index contributed by atoms with van der Waals surface area (Å²) in [7, 11) is 0. The number of hydrogen-bond acceptors (Lipinski definition) is 3. The fourth-order valence-corrected chi connectivity index (χ4v) is 2.96. The molecule has 0 bridgehead atoms. The summed E-state index contributed by atoms with van der Waals surface area (Å²) in [6, 6.07) is 20.9. The lowest BCUT2D eigenvalue weighted by molar-refractivity contribution is 0.916. The molecule has 21 heavy (non-hydrogen) atoms. The van der Waals surface area contributed by atoms with E-state index in [0.29, 0.717) is 0 Å². The van der Waals surface area contributed by atoms with Crippen LogP contribution < -0.4 is 0 Å². The first-order valence-electron chi connectivity index (χ1n) is 6.75. The van der Waals surface area contributed by atoms with Gasteiger partial charge in [-0.2, -0.15) is 0 Å². The van der Waals surface area contributed by atoms with E-state index >= 15 is 0 Å². The van der Waals surface area contributed by atoms with Crippen molar-refractivity contribution in [3.8, 4) is 11.1 Å². The van der Waals surface area contributed by atoms with Crippen molar-refractivity contribution in [2.45, 2.75) is 5.16 Å². The van der Waals surface area contributed by atoms with Gasteiger partial charge in [0.1, 0.15) is 0 Å². The van der Waals surface area contributed by atoms with Crippen LogP contribution in [0.5, 0.6) is 0 Å². The second kappa shape index (κ2) is 4.90. The van der Waals surface area contributed by atoms with Crippen LogP contribution in [0.15, 0.2) is 65.8 Å². The molecule has 0 aliphatic rings. The van der Waals surface area contributed by atoms with E-state index in [1.54, 1.807) is 11.8 Å². The number of hydrogen-bond donors (Lipinski definition) is 0. The molecule has 4 heteroatoms. The molecule has 0 aliphatic heterocycles. The van der Waals surface area contributed by atoms with Gasteiger partial charge in [-0.1, -0.05) is 60.3 Å². The molecule has 102 valence electrons. The van der Waals surface area contributed by atoms with Gasteiger partial charge in [-0.15, -0.1) is 5.10 Å². The van der Waals surface area contributed by atoms with Gasteiger partial charge in [0.2, 0.25) is 5.16 Å². The maximum Gasteiger partial charge on any atom is 0.209 e. The standard InChI is InChI=1S/C17H13N3S/c1-21-17-18-16-11-14(12-7-3-2-4-8-12)13-9-5-6-10-15(13)20(16)19-17/h2-11H,1H3. The largest absolute Gasteiger partial charge is 0.212 e. The highest BCUT2D eigenvalue weighted by Crippen LogP contribution is 2.30. The molecule has 0 saturated heterocycles. The molecule has 3 nitrogen and oxygen atoms in total. The monoisotopic (exact) mass is 291 g/mol. The number of fused-ring (bicyclic) bond motifs is 3. The fraction of sp³-hybridized carbons (Fsp3) is 0.0588. The van der Waals surface area contributed by atoms with Gasteiger partial charge >= 0.3 is 0 Å². The average Bonchev–Trinajstić information content (AvgIpc) is 2.98. The predicted octanol–water partition coefficient (Wildman–Crippen LogP) is 4.27. The van der Waals surface area contributed by atoms with Crippen LogP contribution in [-0.4, -0.2) is 20.9 Å². The van der Waals surface area contributed by atoms with E-state index in [2.05, 4.69) is 58.6 Å². The number of pyridine rings is 1. The Morgan fingerprint density at radius 3 is 2.52 bits per heavy atom. The number of para-hydroxylation sites is 1. The first kappa shape index (κ1) is 12.4. The molecule has 0 saturated carbocycles. The zero-order valence-corrected chi connectivity index (χ0v) is 12.3. The SMILES string of the molecule is CSc1nc2cc(-c3ccccc3)c3ccccc3n2n1. The van der Waals surface area contributed by atoms with Crippen LogP contribution in [0.4, 0.5) is 0 Å². The minimum Gasteiger partial charge on any atom is -0.212 e. The van der Waals surface area contributed by atoms with Crippen molar-refractivity contribution < 1.29 is 0 Å². The summed E-state index contributed by atoms with van der Waals surface area (Å²) in [4.78, 5) is 4.58. The van der Waals surface area contributed by atoms with E-state index in [9.17, 15) is 0 Å². The van der Waals surface area contributed by atoms with Crippen LogP contribution in [0.25, 0.3) is 27.7 Å². The Hall–Kier alpha value is -2.33. The molecule has 0 atom stereocenters. The topological polar surface area (TPSA) is 30.2 Å². The van der Waals surface area contributed by atoms with Crippen molar-refractivity contribution in [1.29, 1.82) is 0 Å². The maximum atomic E-state index is 4.58. The highest BCUT2D eigenvalue weighted by Gasteiger charge is 2.11. The van der Waals surface area contributed by atoms with Crippen LogP contribution >= 0.6 is 11.8 Å². The van der Waals surface area contributed by atoms with Crippen LogP contribution in [0.1, 0.15) is 0 Å². The van der Waals surface area contributed by atoms with E-state index in [4.69, 9.17) is 0 Å². The summed E-state index contributed by atoms with van der Waals surface area (Å²) in [5.41, 5.74) is 4.36. The molecular formula is C17H13N3S. The Kier molecular flexibility index (Phi) is 2.89. The normalized spacial score (nSPS) is 11.3. The van der Waals surface area contributed by atoms with Crippen LogP contribution in [0, 0.1) is 0 Å². The van der Waals surface area contributed by atoms with Crippen molar-refractivity contribution in [2.75, 3.05) is 6.26 Å². The molecule has 2 heterocycles. The van der Waals surface area contributed by atoms with Crippen LogP contribution in [0.2, 0.25) is 0 Å². The molecular weight excluding hydrogens is 278 g/mol.